The smallest absolute Gasteiger partial charge is 0.339 e. The van der Waals surface area contributed by atoms with E-state index >= 15 is 0 Å². The second kappa shape index (κ2) is 8.20. The number of benzene rings is 2. The zero-order valence-corrected chi connectivity index (χ0v) is 17.6. The highest BCUT2D eigenvalue weighted by Gasteiger charge is 2.32. The highest BCUT2D eigenvalue weighted by molar-refractivity contribution is 7.89. The Hall–Kier alpha value is -2.71. The fourth-order valence-corrected chi connectivity index (χ4v) is 5.39. The van der Waals surface area contributed by atoms with Crippen LogP contribution in [0.2, 0.25) is 0 Å². The van der Waals surface area contributed by atoms with Gasteiger partial charge in [0.05, 0.1) is 10.5 Å². The lowest BCUT2D eigenvalue weighted by atomic mass is 9.98. The number of aryl methyl sites for hydroxylation is 1. The molecule has 7 nitrogen and oxygen atoms in total. The van der Waals surface area contributed by atoms with Crippen molar-refractivity contribution in [3.63, 3.8) is 0 Å². The standard InChI is InChI=1S/C22H24N2O5S/c1-15-9-10-17(30(27,28)24-11-5-2-6-12-24)14-19(15)23-21(25)20-13-16-7-3-4-8-18(16)22(26)29-20/h3-4,7-10,14,20H,2,5-6,11-13H2,1H3,(H,23,25)/t20-/m1/s1. The molecule has 1 N–H and O–H groups in total. The highest BCUT2D eigenvalue weighted by atomic mass is 32.2. The zero-order valence-electron chi connectivity index (χ0n) is 16.8. The monoisotopic (exact) mass is 428 g/mol. The third kappa shape index (κ3) is 3.97. The number of anilines is 1. The van der Waals surface area contributed by atoms with Crippen molar-refractivity contribution in [2.75, 3.05) is 18.4 Å². The summed E-state index contributed by atoms with van der Waals surface area (Å²) in [7, 11) is -3.61. The number of amides is 1. The van der Waals surface area contributed by atoms with E-state index in [0.29, 0.717) is 24.3 Å². The zero-order chi connectivity index (χ0) is 21.3. The molecule has 0 saturated carbocycles. The van der Waals surface area contributed by atoms with Crippen LogP contribution in [-0.4, -0.2) is 43.8 Å². The topological polar surface area (TPSA) is 92.8 Å². The van der Waals surface area contributed by atoms with E-state index in [1.807, 2.05) is 6.07 Å². The number of rotatable bonds is 4. The molecule has 0 aromatic heterocycles. The van der Waals surface area contributed by atoms with E-state index < -0.39 is 28.0 Å². The second-order valence-electron chi connectivity index (χ2n) is 7.69. The Morgan fingerprint density at radius 2 is 1.83 bits per heavy atom. The van der Waals surface area contributed by atoms with Crippen LogP contribution in [0.4, 0.5) is 5.69 Å². The number of hydrogen-bond donors (Lipinski definition) is 1. The Bertz CT molecular complexity index is 1090. The molecule has 2 aromatic carbocycles. The maximum atomic E-state index is 13.0. The fourth-order valence-electron chi connectivity index (χ4n) is 3.84. The summed E-state index contributed by atoms with van der Waals surface area (Å²) >= 11 is 0. The first-order chi connectivity index (χ1) is 14.4. The normalized spacial score (nSPS) is 19.6. The highest BCUT2D eigenvalue weighted by Crippen LogP contribution is 2.26. The van der Waals surface area contributed by atoms with E-state index in [9.17, 15) is 18.0 Å². The van der Waals surface area contributed by atoms with Gasteiger partial charge in [-0.1, -0.05) is 30.7 Å². The van der Waals surface area contributed by atoms with Gasteiger partial charge in [-0.05, 0) is 49.1 Å². The molecule has 2 aromatic rings. The first-order valence-corrected chi connectivity index (χ1v) is 11.5. The number of cyclic esters (lactones) is 1. The first kappa shape index (κ1) is 20.6. The number of nitrogens with zero attached hydrogens (tertiary/aromatic N) is 1. The number of fused-ring (bicyclic) bond motifs is 1. The van der Waals surface area contributed by atoms with E-state index in [1.54, 1.807) is 37.3 Å². The van der Waals surface area contributed by atoms with E-state index in [4.69, 9.17) is 4.74 Å². The Balaban J connectivity index is 1.54. The van der Waals surface area contributed by atoms with E-state index in [0.717, 1.165) is 30.4 Å². The average molecular weight is 429 g/mol. The van der Waals surface area contributed by atoms with Gasteiger partial charge in [0.25, 0.3) is 5.91 Å². The van der Waals surface area contributed by atoms with Gasteiger partial charge in [0, 0.05) is 25.2 Å². The maximum absolute atomic E-state index is 13.0. The van der Waals surface area contributed by atoms with E-state index in [1.165, 1.54) is 10.4 Å². The minimum Gasteiger partial charge on any atom is -0.448 e. The molecule has 0 radical (unpaired) electrons. The molecular weight excluding hydrogens is 404 g/mol. The van der Waals surface area contributed by atoms with Crippen LogP contribution in [0.5, 0.6) is 0 Å². The van der Waals surface area contributed by atoms with Crippen molar-refractivity contribution in [3.05, 3.63) is 59.2 Å². The third-order valence-electron chi connectivity index (χ3n) is 5.60. The number of piperidine rings is 1. The number of ether oxygens (including phenoxy) is 1. The van der Waals surface area contributed by atoms with Gasteiger partial charge in [-0.2, -0.15) is 4.31 Å². The Morgan fingerprint density at radius 1 is 1.10 bits per heavy atom. The number of sulfonamides is 1. The maximum Gasteiger partial charge on any atom is 0.339 e. The Labute approximate surface area is 176 Å². The molecule has 0 unspecified atom stereocenters. The lowest BCUT2D eigenvalue weighted by Crippen LogP contribution is -2.38. The molecular formula is C22H24N2O5S. The van der Waals surface area contributed by atoms with Crippen molar-refractivity contribution in [2.45, 2.75) is 43.6 Å². The molecule has 8 heteroatoms. The van der Waals surface area contributed by atoms with Gasteiger partial charge in [0.2, 0.25) is 10.0 Å². The third-order valence-corrected chi connectivity index (χ3v) is 7.50. The number of hydrogen-bond acceptors (Lipinski definition) is 5. The van der Waals surface area contributed by atoms with Gasteiger partial charge in [0.15, 0.2) is 6.10 Å². The minimum atomic E-state index is -3.61. The van der Waals surface area contributed by atoms with Crippen molar-refractivity contribution < 1.29 is 22.7 Å². The lowest BCUT2D eigenvalue weighted by molar-refractivity contribution is -0.125. The number of esters is 1. The fraction of sp³-hybridized carbons (Fsp3) is 0.364. The van der Waals surface area contributed by atoms with Crippen molar-refractivity contribution >= 4 is 27.6 Å². The van der Waals surface area contributed by atoms with Crippen LogP contribution in [0, 0.1) is 6.92 Å². The molecule has 4 rings (SSSR count). The lowest BCUT2D eigenvalue weighted by Gasteiger charge is -2.26. The molecule has 1 fully saturated rings. The van der Waals surface area contributed by atoms with Gasteiger partial charge in [-0.3, -0.25) is 4.79 Å². The van der Waals surface area contributed by atoms with Crippen molar-refractivity contribution in [1.29, 1.82) is 0 Å². The van der Waals surface area contributed by atoms with Crippen molar-refractivity contribution in [2.24, 2.45) is 0 Å². The number of carbonyl (C=O) groups excluding carboxylic acids is 2. The second-order valence-corrected chi connectivity index (χ2v) is 9.62. The molecule has 2 aliphatic rings. The average Bonchev–Trinajstić information content (AvgIpc) is 2.75. The van der Waals surface area contributed by atoms with Crippen molar-refractivity contribution in [3.8, 4) is 0 Å². The van der Waals surface area contributed by atoms with Crippen LogP contribution in [0.25, 0.3) is 0 Å². The Morgan fingerprint density at radius 3 is 2.60 bits per heavy atom. The van der Waals surface area contributed by atoms with Crippen LogP contribution in [0.1, 0.15) is 40.7 Å². The van der Waals surface area contributed by atoms with Gasteiger partial charge in [-0.25, -0.2) is 13.2 Å². The predicted octanol–water partition coefficient (Wildman–Crippen LogP) is 2.89. The summed E-state index contributed by atoms with van der Waals surface area (Å²) in [6.07, 6.45) is 2.05. The van der Waals surface area contributed by atoms with E-state index in [2.05, 4.69) is 5.32 Å². The SMILES string of the molecule is Cc1ccc(S(=O)(=O)N2CCCCC2)cc1NC(=O)[C@H]1Cc2ccccc2C(=O)O1. The molecule has 30 heavy (non-hydrogen) atoms. The van der Waals surface area contributed by atoms with Crippen LogP contribution in [0.3, 0.4) is 0 Å². The van der Waals surface area contributed by atoms with E-state index in [-0.39, 0.29) is 11.3 Å². The van der Waals surface area contributed by atoms with Crippen LogP contribution in [0.15, 0.2) is 47.4 Å². The van der Waals surface area contributed by atoms with Gasteiger partial charge in [0.1, 0.15) is 0 Å². The summed E-state index contributed by atoms with van der Waals surface area (Å²) < 4.78 is 32.7. The van der Waals surface area contributed by atoms with Crippen LogP contribution >= 0.6 is 0 Å². The molecule has 1 saturated heterocycles. The summed E-state index contributed by atoms with van der Waals surface area (Å²) in [5, 5.41) is 2.75. The molecule has 158 valence electrons. The summed E-state index contributed by atoms with van der Waals surface area (Å²) in [4.78, 5) is 25.1. The molecule has 0 bridgehead atoms. The molecule has 0 aliphatic carbocycles. The van der Waals surface area contributed by atoms with Crippen LogP contribution < -0.4 is 5.32 Å². The van der Waals surface area contributed by atoms with Crippen molar-refractivity contribution in [1.82, 2.24) is 4.31 Å². The summed E-state index contributed by atoms with van der Waals surface area (Å²) in [5.41, 5.74) is 2.34. The molecule has 2 heterocycles. The molecule has 2 aliphatic heterocycles. The van der Waals surface area contributed by atoms with Gasteiger partial charge < -0.3 is 10.1 Å². The Kier molecular flexibility index (Phi) is 5.62. The summed E-state index contributed by atoms with van der Waals surface area (Å²) in [6, 6.07) is 11.7. The molecule has 0 spiro atoms. The minimum absolute atomic E-state index is 0.149. The van der Waals surface area contributed by atoms with Gasteiger partial charge in [-0.15, -0.1) is 0 Å². The predicted molar refractivity (Wildman–Crippen MR) is 112 cm³/mol. The molecule has 1 amide bonds. The van der Waals surface area contributed by atoms with Gasteiger partial charge >= 0.3 is 5.97 Å². The molecule has 1 atom stereocenters. The first-order valence-electron chi connectivity index (χ1n) is 10.1. The summed E-state index contributed by atoms with van der Waals surface area (Å²) in [5.74, 6) is -1.01. The van der Waals surface area contributed by atoms with Crippen LogP contribution in [-0.2, 0) is 26.0 Å². The number of nitrogens with one attached hydrogen (secondary N) is 1. The summed E-state index contributed by atoms with van der Waals surface area (Å²) in [6.45, 7) is 2.81. The largest absolute Gasteiger partial charge is 0.448 e. The quantitative estimate of drug-likeness (QED) is 0.756. The number of carbonyl (C=O) groups is 2.